The van der Waals surface area contributed by atoms with Crippen molar-refractivity contribution in [1.82, 2.24) is 15.2 Å². The monoisotopic (exact) mass is 529 g/mol. The molecule has 2 aromatic carbocycles. The van der Waals surface area contributed by atoms with Gasteiger partial charge in [0.05, 0.1) is 24.6 Å². The van der Waals surface area contributed by atoms with Gasteiger partial charge in [-0.25, -0.2) is 0 Å². The van der Waals surface area contributed by atoms with Crippen LogP contribution in [0.25, 0.3) is 10.9 Å². The highest BCUT2D eigenvalue weighted by atomic mass is 16.5. The minimum absolute atomic E-state index is 0.0361. The van der Waals surface area contributed by atoms with Crippen LogP contribution in [0.2, 0.25) is 0 Å². The topological polar surface area (TPSA) is 112 Å². The molecule has 5 rings (SSSR count). The predicted molar refractivity (Wildman–Crippen MR) is 148 cm³/mol. The molecule has 0 fully saturated rings. The number of aliphatic hydroxyl groups excluding tert-OH is 1. The van der Waals surface area contributed by atoms with Gasteiger partial charge in [-0.05, 0) is 48.4 Å². The zero-order valence-electron chi connectivity index (χ0n) is 22.0. The molecule has 39 heavy (non-hydrogen) atoms. The number of allylic oxidation sites excluding steroid dienone is 2. The second-order valence-electron chi connectivity index (χ2n) is 10.4. The van der Waals surface area contributed by atoms with E-state index in [0.717, 1.165) is 27.6 Å². The number of aromatic amines is 1. The smallest absolute Gasteiger partial charge is 0.306 e. The Labute approximate surface area is 228 Å². The van der Waals surface area contributed by atoms with Crippen molar-refractivity contribution in [2.45, 2.75) is 57.2 Å². The van der Waals surface area contributed by atoms with Gasteiger partial charge in [0, 0.05) is 36.5 Å². The van der Waals surface area contributed by atoms with E-state index in [1.807, 2.05) is 66.9 Å². The van der Waals surface area contributed by atoms with Gasteiger partial charge in [0.2, 0.25) is 11.8 Å². The second kappa shape index (κ2) is 12.3. The molecule has 2 aliphatic rings. The number of para-hydroxylation sites is 1. The summed E-state index contributed by atoms with van der Waals surface area (Å²) in [5, 5.41) is 14.2. The first kappa shape index (κ1) is 26.7. The zero-order chi connectivity index (χ0) is 27.2. The number of nitrogens with one attached hydrogen (secondary N) is 2. The maximum Gasteiger partial charge on any atom is 0.306 e. The summed E-state index contributed by atoms with van der Waals surface area (Å²) in [6.07, 6.45) is 7.93. The number of H-pyrrole nitrogens is 1. The molecule has 0 aliphatic carbocycles. The Bertz CT molecular complexity index is 1360. The van der Waals surface area contributed by atoms with Crippen LogP contribution in [-0.2, 0) is 38.5 Å². The number of esters is 1. The van der Waals surface area contributed by atoms with Gasteiger partial charge in [-0.1, -0.05) is 54.6 Å². The molecule has 3 heterocycles. The van der Waals surface area contributed by atoms with Crippen molar-refractivity contribution in [3.63, 3.8) is 0 Å². The first-order chi connectivity index (χ1) is 19.0. The average Bonchev–Trinajstić information content (AvgIpc) is 3.36. The normalized spacial score (nSPS) is 22.4. The van der Waals surface area contributed by atoms with Crippen molar-refractivity contribution in [2.75, 3.05) is 13.2 Å². The summed E-state index contributed by atoms with van der Waals surface area (Å²) in [5.41, 5.74) is 4.23. The Morgan fingerprint density at radius 1 is 1.05 bits per heavy atom. The summed E-state index contributed by atoms with van der Waals surface area (Å²) in [5.74, 6) is -1.27. The first-order valence-corrected chi connectivity index (χ1v) is 13.6. The van der Waals surface area contributed by atoms with E-state index >= 15 is 0 Å². The highest BCUT2D eigenvalue weighted by molar-refractivity contribution is 5.87. The standard InChI is InChI=1S/C31H35N3O5/c35-19-26-15-21-8-4-5-10-23(21)18-34(26)29(36)16-22-9-2-1-3-13-30(37)39-20-25(33-31(22)38)14-24-17-32-28-12-7-6-11-27(24)28/h1-2,4-8,10-12,17,22,25-26,32,35H,3,9,13-16,18-20H2,(H,33,38). The third-order valence-electron chi connectivity index (χ3n) is 7.71. The molecule has 3 N–H and O–H groups in total. The van der Waals surface area contributed by atoms with E-state index in [0.29, 0.717) is 32.2 Å². The van der Waals surface area contributed by atoms with Crippen molar-refractivity contribution in [2.24, 2.45) is 5.92 Å². The molecule has 0 bridgehead atoms. The second-order valence-corrected chi connectivity index (χ2v) is 10.4. The Morgan fingerprint density at radius 3 is 2.69 bits per heavy atom. The van der Waals surface area contributed by atoms with E-state index in [1.54, 1.807) is 4.90 Å². The number of carbonyl (C=O) groups is 3. The number of rotatable bonds is 5. The van der Waals surface area contributed by atoms with E-state index < -0.39 is 12.0 Å². The maximum absolute atomic E-state index is 13.6. The fraction of sp³-hybridized carbons (Fsp3) is 0.387. The molecule has 8 heteroatoms. The molecule has 2 amide bonds. The molecule has 8 nitrogen and oxygen atoms in total. The lowest BCUT2D eigenvalue weighted by Gasteiger charge is -2.36. The van der Waals surface area contributed by atoms with Crippen LogP contribution in [0.1, 0.15) is 42.4 Å². The van der Waals surface area contributed by atoms with Crippen molar-refractivity contribution in [1.29, 1.82) is 0 Å². The van der Waals surface area contributed by atoms with Gasteiger partial charge in [0.1, 0.15) is 6.61 Å². The van der Waals surface area contributed by atoms with E-state index in [-0.39, 0.29) is 49.9 Å². The van der Waals surface area contributed by atoms with Gasteiger partial charge in [0.25, 0.3) is 0 Å². The lowest BCUT2D eigenvalue weighted by Crippen LogP contribution is -2.48. The van der Waals surface area contributed by atoms with Crippen molar-refractivity contribution >= 4 is 28.7 Å². The maximum atomic E-state index is 13.6. The minimum atomic E-state index is -0.578. The molecular weight excluding hydrogens is 494 g/mol. The number of nitrogens with zero attached hydrogens (tertiary/aromatic N) is 1. The Balaban J connectivity index is 1.33. The van der Waals surface area contributed by atoms with Gasteiger partial charge in [-0.3, -0.25) is 14.4 Å². The third kappa shape index (κ3) is 6.40. The number of ether oxygens (including phenoxy) is 1. The molecule has 0 saturated carbocycles. The molecule has 1 aromatic heterocycles. The molecule has 3 atom stereocenters. The minimum Gasteiger partial charge on any atom is -0.463 e. The molecule has 0 radical (unpaired) electrons. The lowest BCUT2D eigenvalue weighted by atomic mass is 9.92. The van der Waals surface area contributed by atoms with Gasteiger partial charge < -0.3 is 25.0 Å². The number of amides is 2. The van der Waals surface area contributed by atoms with E-state index in [1.165, 1.54) is 0 Å². The molecule has 204 valence electrons. The fourth-order valence-corrected chi connectivity index (χ4v) is 5.54. The molecule has 2 aliphatic heterocycles. The number of aliphatic hydroxyl groups is 1. The van der Waals surface area contributed by atoms with Crippen molar-refractivity contribution in [3.8, 4) is 0 Å². The van der Waals surface area contributed by atoms with Crippen LogP contribution in [0.5, 0.6) is 0 Å². The summed E-state index contributed by atoms with van der Waals surface area (Å²) in [6.45, 7) is 0.350. The van der Waals surface area contributed by atoms with Crippen LogP contribution in [0.15, 0.2) is 66.9 Å². The summed E-state index contributed by atoms with van der Waals surface area (Å²) in [7, 11) is 0. The van der Waals surface area contributed by atoms with Crippen LogP contribution in [0.3, 0.4) is 0 Å². The number of benzene rings is 2. The molecule has 3 unspecified atom stereocenters. The highest BCUT2D eigenvalue weighted by Crippen LogP contribution is 2.26. The quantitative estimate of drug-likeness (QED) is 0.346. The predicted octanol–water partition coefficient (Wildman–Crippen LogP) is 3.43. The van der Waals surface area contributed by atoms with E-state index in [9.17, 15) is 19.5 Å². The summed E-state index contributed by atoms with van der Waals surface area (Å²) < 4.78 is 5.51. The first-order valence-electron chi connectivity index (χ1n) is 13.6. The van der Waals surface area contributed by atoms with Crippen LogP contribution < -0.4 is 5.32 Å². The third-order valence-corrected chi connectivity index (χ3v) is 7.71. The summed E-state index contributed by atoms with van der Waals surface area (Å²) >= 11 is 0. The van der Waals surface area contributed by atoms with E-state index in [2.05, 4.69) is 10.3 Å². The van der Waals surface area contributed by atoms with Gasteiger partial charge in [0.15, 0.2) is 0 Å². The van der Waals surface area contributed by atoms with Crippen LogP contribution in [0.4, 0.5) is 0 Å². The number of hydrogen-bond acceptors (Lipinski definition) is 5. The summed E-state index contributed by atoms with van der Waals surface area (Å²) in [4.78, 5) is 44.3. The number of cyclic esters (lactones) is 1. The average molecular weight is 530 g/mol. The Morgan fingerprint density at radius 2 is 1.85 bits per heavy atom. The van der Waals surface area contributed by atoms with E-state index in [4.69, 9.17) is 4.74 Å². The van der Waals surface area contributed by atoms with Crippen LogP contribution in [-0.4, -0.2) is 58.1 Å². The fourth-order valence-electron chi connectivity index (χ4n) is 5.54. The summed E-state index contributed by atoms with van der Waals surface area (Å²) in [6, 6.07) is 15.1. The Kier molecular flexibility index (Phi) is 8.42. The van der Waals surface area contributed by atoms with Gasteiger partial charge >= 0.3 is 5.97 Å². The van der Waals surface area contributed by atoms with Crippen molar-refractivity contribution in [3.05, 3.63) is 83.6 Å². The van der Waals surface area contributed by atoms with Crippen LogP contribution >= 0.6 is 0 Å². The number of fused-ring (bicyclic) bond motifs is 2. The molecule has 0 saturated heterocycles. The zero-order valence-corrected chi connectivity index (χ0v) is 22.0. The number of aromatic nitrogens is 1. The highest BCUT2D eigenvalue weighted by Gasteiger charge is 2.32. The van der Waals surface area contributed by atoms with Gasteiger partial charge in [-0.2, -0.15) is 0 Å². The SMILES string of the molecule is O=C1CCC=CCC(CC(=O)N2Cc3ccccc3CC2CO)C(=O)NC(Cc2c[nH]c3ccccc23)CO1. The number of hydrogen-bond donors (Lipinski definition) is 3. The molecule has 3 aromatic rings. The molecular formula is C31H35N3O5. The van der Waals surface area contributed by atoms with Gasteiger partial charge in [-0.15, -0.1) is 0 Å². The van der Waals surface area contributed by atoms with Crippen LogP contribution in [0, 0.1) is 5.92 Å². The largest absolute Gasteiger partial charge is 0.463 e. The van der Waals surface area contributed by atoms with Crippen molar-refractivity contribution < 1.29 is 24.2 Å². The molecule has 0 spiro atoms. The lowest BCUT2D eigenvalue weighted by molar-refractivity contribution is -0.145. The Hall–Kier alpha value is -3.91. The number of carbonyl (C=O) groups excluding carboxylic acids is 3.